The van der Waals surface area contributed by atoms with Crippen molar-refractivity contribution in [2.24, 2.45) is 10.9 Å². The van der Waals surface area contributed by atoms with Crippen LogP contribution in [0.15, 0.2) is 17.3 Å². The first-order valence-corrected chi connectivity index (χ1v) is 5.95. The average molecular weight is 288 g/mol. The molecule has 5 nitrogen and oxygen atoms in total. The fourth-order valence-corrected chi connectivity index (χ4v) is 1.40. The van der Waals surface area contributed by atoms with Crippen molar-refractivity contribution in [2.45, 2.75) is 25.9 Å². The van der Waals surface area contributed by atoms with Gasteiger partial charge in [-0.15, -0.1) is 0 Å². The first-order valence-electron chi connectivity index (χ1n) is 5.95. The molecular formula is C13H18F2N2O3. The van der Waals surface area contributed by atoms with Crippen LogP contribution in [0.1, 0.15) is 25.8 Å². The summed E-state index contributed by atoms with van der Waals surface area (Å²) in [6.07, 6.45) is 0.463. The fourth-order valence-electron chi connectivity index (χ4n) is 1.40. The summed E-state index contributed by atoms with van der Waals surface area (Å²) < 4.78 is 37.7. The summed E-state index contributed by atoms with van der Waals surface area (Å²) >= 11 is 0. The van der Waals surface area contributed by atoms with Gasteiger partial charge >= 0.3 is 0 Å². The van der Waals surface area contributed by atoms with E-state index in [1.165, 1.54) is 0 Å². The maximum Gasteiger partial charge on any atom is 0.190 e. The molecule has 7 heteroatoms. The van der Waals surface area contributed by atoms with Gasteiger partial charge in [0.25, 0.3) is 0 Å². The van der Waals surface area contributed by atoms with Crippen LogP contribution >= 0.6 is 0 Å². The van der Waals surface area contributed by atoms with E-state index in [2.05, 4.69) is 5.16 Å². The monoisotopic (exact) mass is 288 g/mol. The lowest BCUT2D eigenvalue weighted by Gasteiger charge is -2.22. The number of hydrogen-bond donors (Lipinski definition) is 2. The molecule has 0 unspecified atom stereocenters. The summed E-state index contributed by atoms with van der Waals surface area (Å²) in [5.74, 6) is -2.70. The number of hydrogen-bond acceptors (Lipinski definition) is 4. The second kappa shape index (κ2) is 6.51. The van der Waals surface area contributed by atoms with E-state index in [-0.39, 0.29) is 18.0 Å². The molecule has 3 N–H and O–H groups in total. The van der Waals surface area contributed by atoms with Crippen molar-refractivity contribution in [3.63, 3.8) is 0 Å². The number of ether oxygens (including phenoxy) is 2. The van der Waals surface area contributed by atoms with E-state index in [0.717, 1.165) is 12.1 Å². The second-order valence-electron chi connectivity index (χ2n) is 4.82. The van der Waals surface area contributed by atoms with E-state index < -0.39 is 23.0 Å². The lowest BCUT2D eigenvalue weighted by molar-refractivity contribution is 0.00478. The van der Waals surface area contributed by atoms with Crippen LogP contribution in [-0.2, 0) is 4.74 Å². The zero-order chi connectivity index (χ0) is 15.3. The average Bonchev–Trinajstić information content (AvgIpc) is 2.40. The summed E-state index contributed by atoms with van der Waals surface area (Å²) in [6, 6.07) is 1.88. The van der Waals surface area contributed by atoms with Crippen molar-refractivity contribution in [3.8, 4) is 5.75 Å². The van der Waals surface area contributed by atoms with E-state index in [9.17, 15) is 8.78 Å². The van der Waals surface area contributed by atoms with Crippen molar-refractivity contribution in [2.75, 3.05) is 13.7 Å². The van der Waals surface area contributed by atoms with Crippen LogP contribution in [0.4, 0.5) is 8.78 Å². The zero-order valence-corrected chi connectivity index (χ0v) is 11.6. The first-order chi connectivity index (χ1) is 9.30. The van der Waals surface area contributed by atoms with Crippen LogP contribution in [0.3, 0.4) is 0 Å². The molecule has 0 radical (unpaired) electrons. The molecule has 0 saturated heterocycles. The molecule has 1 aromatic rings. The van der Waals surface area contributed by atoms with Crippen molar-refractivity contribution in [1.82, 2.24) is 0 Å². The molecule has 0 aromatic heterocycles. The highest BCUT2D eigenvalue weighted by molar-refractivity contribution is 5.97. The number of benzene rings is 1. The number of nitrogens with two attached hydrogens (primary N) is 1. The Kier molecular flexibility index (Phi) is 5.26. The van der Waals surface area contributed by atoms with Crippen LogP contribution in [0, 0.1) is 11.6 Å². The number of oxime groups is 1. The Bertz CT molecular complexity index is 481. The minimum Gasteiger partial charge on any atom is -0.487 e. The number of rotatable bonds is 6. The van der Waals surface area contributed by atoms with Crippen LogP contribution < -0.4 is 10.5 Å². The molecule has 112 valence electrons. The third kappa shape index (κ3) is 4.06. The van der Waals surface area contributed by atoms with Crippen molar-refractivity contribution >= 4 is 5.84 Å². The molecule has 1 rings (SSSR count). The second-order valence-corrected chi connectivity index (χ2v) is 4.82. The van der Waals surface area contributed by atoms with Gasteiger partial charge in [-0.25, -0.2) is 8.78 Å². The van der Waals surface area contributed by atoms with Gasteiger partial charge in [-0.3, -0.25) is 0 Å². The highest BCUT2D eigenvalue weighted by atomic mass is 19.1. The van der Waals surface area contributed by atoms with Gasteiger partial charge < -0.3 is 20.4 Å². The van der Waals surface area contributed by atoms with Gasteiger partial charge in [0.2, 0.25) is 0 Å². The summed E-state index contributed by atoms with van der Waals surface area (Å²) in [4.78, 5) is 0. The molecule has 0 atom stereocenters. The largest absolute Gasteiger partial charge is 0.487 e. The summed E-state index contributed by atoms with van der Waals surface area (Å²) in [5.41, 5.74) is 4.76. The maximum absolute atomic E-state index is 13.7. The van der Waals surface area contributed by atoms with Gasteiger partial charge in [-0.1, -0.05) is 5.16 Å². The van der Waals surface area contributed by atoms with Crippen LogP contribution in [0.5, 0.6) is 5.75 Å². The van der Waals surface area contributed by atoms with E-state index in [1.54, 1.807) is 7.11 Å². The van der Waals surface area contributed by atoms with Gasteiger partial charge in [0.1, 0.15) is 0 Å². The van der Waals surface area contributed by atoms with Crippen LogP contribution in [0.2, 0.25) is 0 Å². The molecule has 0 saturated carbocycles. The Hall–Kier alpha value is -1.89. The third-order valence-electron chi connectivity index (χ3n) is 2.90. The predicted molar refractivity (Wildman–Crippen MR) is 70.1 cm³/mol. The molecule has 0 fully saturated rings. The highest BCUT2D eigenvalue weighted by Gasteiger charge is 2.19. The Morgan fingerprint density at radius 1 is 1.35 bits per heavy atom. The standard InChI is InChI=1S/C13H18F2N2O3/c1-13(2,19-3)4-5-20-11-9(14)6-8(7-10(11)15)12(16)17-18/h6-7,18H,4-5H2,1-3H3,(H2,16,17). The zero-order valence-electron chi connectivity index (χ0n) is 11.6. The third-order valence-corrected chi connectivity index (χ3v) is 2.90. The SMILES string of the molecule is COC(C)(C)CCOc1c(F)cc(C(N)=NO)cc1F. The molecule has 0 aliphatic rings. The molecule has 0 amide bonds. The summed E-state index contributed by atoms with van der Waals surface area (Å²) in [6.45, 7) is 3.77. The first kappa shape index (κ1) is 16.2. The van der Waals surface area contributed by atoms with Gasteiger partial charge in [0.05, 0.1) is 12.2 Å². The lowest BCUT2D eigenvalue weighted by Crippen LogP contribution is -2.25. The van der Waals surface area contributed by atoms with Gasteiger partial charge in [0, 0.05) is 19.1 Å². The molecule has 0 bridgehead atoms. The number of nitrogens with zero attached hydrogens (tertiary/aromatic N) is 1. The molecular weight excluding hydrogens is 270 g/mol. The summed E-state index contributed by atoms with van der Waals surface area (Å²) in [5, 5.41) is 11.2. The van der Waals surface area contributed by atoms with E-state index >= 15 is 0 Å². The maximum atomic E-state index is 13.7. The van der Waals surface area contributed by atoms with Crippen molar-refractivity contribution in [1.29, 1.82) is 0 Å². The Morgan fingerprint density at radius 2 is 1.90 bits per heavy atom. The minimum atomic E-state index is -0.915. The van der Waals surface area contributed by atoms with E-state index in [4.69, 9.17) is 20.4 Å². The highest BCUT2D eigenvalue weighted by Crippen LogP contribution is 2.24. The van der Waals surface area contributed by atoms with Gasteiger partial charge in [-0.2, -0.15) is 0 Å². The summed E-state index contributed by atoms with van der Waals surface area (Å²) in [7, 11) is 1.55. The topological polar surface area (TPSA) is 77.1 Å². The quantitative estimate of drug-likeness (QED) is 0.364. The van der Waals surface area contributed by atoms with E-state index in [0.29, 0.717) is 6.42 Å². The molecule has 0 spiro atoms. The predicted octanol–water partition coefficient (Wildman–Crippen LogP) is 2.25. The number of halogens is 2. The van der Waals surface area contributed by atoms with E-state index in [1.807, 2.05) is 13.8 Å². The normalized spacial score (nSPS) is 12.6. The molecule has 1 aromatic carbocycles. The van der Waals surface area contributed by atoms with Gasteiger partial charge in [-0.05, 0) is 26.0 Å². The molecule has 0 heterocycles. The Labute approximate surface area is 116 Å². The van der Waals surface area contributed by atoms with Crippen molar-refractivity contribution < 1.29 is 23.5 Å². The number of methoxy groups -OCH3 is 1. The van der Waals surface area contributed by atoms with Crippen LogP contribution in [-0.4, -0.2) is 30.4 Å². The molecule has 20 heavy (non-hydrogen) atoms. The fraction of sp³-hybridized carbons (Fsp3) is 0.462. The van der Waals surface area contributed by atoms with Crippen LogP contribution in [0.25, 0.3) is 0 Å². The molecule has 0 aliphatic heterocycles. The smallest absolute Gasteiger partial charge is 0.190 e. The Morgan fingerprint density at radius 3 is 2.35 bits per heavy atom. The number of amidine groups is 1. The van der Waals surface area contributed by atoms with Gasteiger partial charge in [0.15, 0.2) is 23.2 Å². The lowest BCUT2D eigenvalue weighted by atomic mass is 10.1. The Balaban J connectivity index is 2.82. The molecule has 0 aliphatic carbocycles. The van der Waals surface area contributed by atoms with Crippen molar-refractivity contribution in [3.05, 3.63) is 29.3 Å². The minimum absolute atomic E-state index is 0.0629.